The highest BCUT2D eigenvalue weighted by molar-refractivity contribution is 5.46. The van der Waals surface area contributed by atoms with Gasteiger partial charge in [0.1, 0.15) is 0 Å². The van der Waals surface area contributed by atoms with Gasteiger partial charge in [0.25, 0.3) is 0 Å². The van der Waals surface area contributed by atoms with Crippen LogP contribution in [0.4, 0.5) is 5.69 Å². The zero-order chi connectivity index (χ0) is 14.5. The lowest BCUT2D eigenvalue weighted by atomic mass is 9.89. The second-order valence-corrected chi connectivity index (χ2v) is 6.48. The number of aliphatic hydroxyl groups is 1. The minimum atomic E-state index is -0.245. The summed E-state index contributed by atoms with van der Waals surface area (Å²) in [5.41, 5.74) is 1.26. The Balaban J connectivity index is 2.04. The largest absolute Gasteiger partial charge is 0.393 e. The van der Waals surface area contributed by atoms with Crippen molar-refractivity contribution < 1.29 is 5.11 Å². The lowest BCUT2D eigenvalue weighted by Gasteiger charge is -2.41. The van der Waals surface area contributed by atoms with E-state index in [1.807, 2.05) is 13.0 Å². The fourth-order valence-electron chi connectivity index (χ4n) is 2.89. The third kappa shape index (κ3) is 4.22. The van der Waals surface area contributed by atoms with Gasteiger partial charge in [-0.25, -0.2) is 0 Å². The van der Waals surface area contributed by atoms with Crippen LogP contribution >= 0.6 is 0 Å². The van der Waals surface area contributed by atoms with Crippen LogP contribution < -0.4 is 10.2 Å². The molecule has 0 saturated carbocycles. The summed E-state index contributed by atoms with van der Waals surface area (Å²) in [7, 11) is 0. The molecular weight excluding hydrogens is 248 g/mol. The molecule has 3 unspecified atom stereocenters. The molecule has 1 saturated heterocycles. The van der Waals surface area contributed by atoms with Gasteiger partial charge < -0.3 is 15.3 Å². The van der Waals surface area contributed by atoms with E-state index in [-0.39, 0.29) is 6.10 Å². The highest BCUT2D eigenvalue weighted by Gasteiger charge is 2.29. The topological polar surface area (TPSA) is 35.5 Å². The molecule has 3 nitrogen and oxygen atoms in total. The minimum Gasteiger partial charge on any atom is -0.393 e. The maximum Gasteiger partial charge on any atom is 0.0557 e. The number of hydrogen-bond donors (Lipinski definition) is 2. The summed E-state index contributed by atoms with van der Waals surface area (Å²) in [5, 5.41) is 13.6. The van der Waals surface area contributed by atoms with Crippen LogP contribution in [-0.4, -0.2) is 36.9 Å². The molecule has 1 fully saturated rings. The smallest absolute Gasteiger partial charge is 0.0557 e. The van der Waals surface area contributed by atoms with Gasteiger partial charge in [0.15, 0.2) is 0 Å². The Morgan fingerprint density at radius 3 is 2.50 bits per heavy atom. The first-order valence-electron chi connectivity index (χ1n) is 7.77. The average molecular weight is 276 g/mol. The van der Waals surface area contributed by atoms with E-state index in [0.29, 0.717) is 17.9 Å². The molecule has 0 bridgehead atoms. The van der Waals surface area contributed by atoms with Crippen LogP contribution in [-0.2, 0) is 0 Å². The Labute approximate surface area is 123 Å². The SMILES string of the molecule is CC(C)CNC1CC(C(C)O)CN(c2ccccc2)C1. The standard InChI is InChI=1S/C17H28N2O/c1-13(2)10-18-16-9-15(14(3)20)11-19(12-16)17-7-5-4-6-8-17/h4-8,13-16,18,20H,9-12H2,1-3H3. The van der Waals surface area contributed by atoms with Gasteiger partial charge in [0, 0.05) is 30.7 Å². The van der Waals surface area contributed by atoms with Crippen LogP contribution in [0.2, 0.25) is 0 Å². The number of aliphatic hydroxyl groups excluding tert-OH is 1. The molecule has 0 spiro atoms. The molecule has 1 aromatic rings. The van der Waals surface area contributed by atoms with E-state index >= 15 is 0 Å². The molecule has 0 radical (unpaired) electrons. The highest BCUT2D eigenvalue weighted by Crippen LogP contribution is 2.25. The highest BCUT2D eigenvalue weighted by atomic mass is 16.3. The molecule has 1 aromatic carbocycles. The summed E-state index contributed by atoms with van der Waals surface area (Å²) in [6.07, 6.45) is 0.818. The fourth-order valence-corrected chi connectivity index (χ4v) is 2.89. The molecule has 3 atom stereocenters. The molecule has 0 aromatic heterocycles. The van der Waals surface area contributed by atoms with E-state index in [2.05, 4.69) is 48.3 Å². The Hall–Kier alpha value is -1.06. The van der Waals surface area contributed by atoms with Crippen molar-refractivity contribution in [2.24, 2.45) is 11.8 Å². The summed E-state index contributed by atoms with van der Waals surface area (Å²) in [6, 6.07) is 11.0. The zero-order valence-corrected chi connectivity index (χ0v) is 12.9. The summed E-state index contributed by atoms with van der Waals surface area (Å²) in [6.45, 7) is 9.40. The predicted molar refractivity (Wildman–Crippen MR) is 85.1 cm³/mol. The molecule has 2 rings (SSSR count). The molecule has 1 aliphatic heterocycles. The molecule has 1 heterocycles. The minimum absolute atomic E-state index is 0.245. The van der Waals surface area contributed by atoms with Crippen molar-refractivity contribution in [3.63, 3.8) is 0 Å². The molecule has 3 heteroatoms. The van der Waals surface area contributed by atoms with Crippen LogP contribution in [0.25, 0.3) is 0 Å². The van der Waals surface area contributed by atoms with E-state index in [0.717, 1.165) is 26.1 Å². The molecule has 2 N–H and O–H groups in total. The molecule has 0 amide bonds. The zero-order valence-electron chi connectivity index (χ0n) is 12.9. The Morgan fingerprint density at radius 2 is 1.90 bits per heavy atom. The maximum absolute atomic E-state index is 9.98. The van der Waals surface area contributed by atoms with Gasteiger partial charge in [-0.1, -0.05) is 32.0 Å². The van der Waals surface area contributed by atoms with Gasteiger partial charge in [-0.2, -0.15) is 0 Å². The third-order valence-electron chi connectivity index (χ3n) is 4.10. The van der Waals surface area contributed by atoms with Crippen molar-refractivity contribution in [2.45, 2.75) is 39.3 Å². The second-order valence-electron chi connectivity index (χ2n) is 6.48. The first kappa shape index (κ1) is 15.3. The van der Waals surface area contributed by atoms with E-state index in [1.165, 1.54) is 5.69 Å². The number of nitrogens with zero attached hydrogens (tertiary/aromatic N) is 1. The third-order valence-corrected chi connectivity index (χ3v) is 4.10. The van der Waals surface area contributed by atoms with E-state index in [4.69, 9.17) is 0 Å². The van der Waals surface area contributed by atoms with E-state index in [9.17, 15) is 5.11 Å². The molecular formula is C17H28N2O. The average Bonchev–Trinajstić information content (AvgIpc) is 2.45. The van der Waals surface area contributed by atoms with Gasteiger partial charge >= 0.3 is 0 Å². The lowest BCUT2D eigenvalue weighted by Crippen LogP contribution is -2.52. The van der Waals surface area contributed by atoms with Gasteiger partial charge in [0.05, 0.1) is 6.10 Å². The van der Waals surface area contributed by atoms with Crippen LogP contribution in [0.5, 0.6) is 0 Å². The summed E-state index contributed by atoms with van der Waals surface area (Å²) >= 11 is 0. The van der Waals surface area contributed by atoms with Crippen LogP contribution in [0, 0.1) is 11.8 Å². The van der Waals surface area contributed by atoms with Crippen molar-refractivity contribution >= 4 is 5.69 Å². The lowest BCUT2D eigenvalue weighted by molar-refractivity contribution is 0.106. The van der Waals surface area contributed by atoms with Crippen molar-refractivity contribution in [3.05, 3.63) is 30.3 Å². The number of rotatable bonds is 5. The van der Waals surface area contributed by atoms with Crippen molar-refractivity contribution in [3.8, 4) is 0 Å². The first-order chi connectivity index (χ1) is 9.56. The Kier molecular flexibility index (Phi) is 5.44. The van der Waals surface area contributed by atoms with E-state index < -0.39 is 0 Å². The van der Waals surface area contributed by atoms with Crippen LogP contribution in [0.15, 0.2) is 30.3 Å². The first-order valence-corrected chi connectivity index (χ1v) is 7.77. The van der Waals surface area contributed by atoms with Gasteiger partial charge in [0.2, 0.25) is 0 Å². The molecule has 20 heavy (non-hydrogen) atoms. The predicted octanol–water partition coefficient (Wildman–Crippen LogP) is 2.51. The van der Waals surface area contributed by atoms with E-state index in [1.54, 1.807) is 0 Å². The number of anilines is 1. The molecule has 1 aliphatic rings. The van der Waals surface area contributed by atoms with Gasteiger partial charge in [-0.05, 0) is 37.9 Å². The summed E-state index contributed by atoms with van der Waals surface area (Å²) in [4.78, 5) is 2.40. The fraction of sp³-hybridized carbons (Fsp3) is 0.647. The Morgan fingerprint density at radius 1 is 1.20 bits per heavy atom. The molecule has 112 valence electrons. The normalized spacial score (nSPS) is 24.9. The number of hydrogen-bond acceptors (Lipinski definition) is 3. The number of nitrogens with one attached hydrogen (secondary N) is 1. The maximum atomic E-state index is 9.98. The molecule has 0 aliphatic carbocycles. The van der Waals surface area contributed by atoms with Crippen LogP contribution in [0.3, 0.4) is 0 Å². The van der Waals surface area contributed by atoms with Gasteiger partial charge in [-0.3, -0.25) is 0 Å². The number of piperidine rings is 1. The van der Waals surface area contributed by atoms with Crippen LogP contribution in [0.1, 0.15) is 27.2 Å². The Bertz CT molecular complexity index is 391. The van der Waals surface area contributed by atoms with Crippen molar-refractivity contribution in [2.75, 3.05) is 24.5 Å². The number of benzene rings is 1. The quantitative estimate of drug-likeness (QED) is 0.867. The van der Waals surface area contributed by atoms with Gasteiger partial charge in [-0.15, -0.1) is 0 Å². The monoisotopic (exact) mass is 276 g/mol. The number of para-hydroxylation sites is 1. The van der Waals surface area contributed by atoms with Crippen molar-refractivity contribution in [1.29, 1.82) is 0 Å². The summed E-state index contributed by atoms with van der Waals surface area (Å²) in [5.74, 6) is 1.00. The summed E-state index contributed by atoms with van der Waals surface area (Å²) < 4.78 is 0. The second kappa shape index (κ2) is 7.09. The van der Waals surface area contributed by atoms with Crippen molar-refractivity contribution in [1.82, 2.24) is 5.32 Å².